The van der Waals surface area contributed by atoms with Crippen LogP contribution in [0.5, 0.6) is 0 Å². The van der Waals surface area contributed by atoms with E-state index < -0.39 is 0 Å². The topological polar surface area (TPSA) is 37.2 Å². The Labute approximate surface area is 145 Å². The highest BCUT2D eigenvalue weighted by atomic mass is 35.5. The van der Waals surface area contributed by atoms with Crippen LogP contribution in [0, 0.1) is 0 Å². The first kappa shape index (κ1) is 15.2. The summed E-state index contributed by atoms with van der Waals surface area (Å²) in [6.45, 7) is 5.82. The third kappa shape index (κ3) is 2.93. The van der Waals surface area contributed by atoms with E-state index in [1.807, 2.05) is 18.2 Å². The number of piperazine rings is 1. The monoisotopic (exact) mass is 351 g/mol. The SMILES string of the molecule is Clc1cccc(N2CCN(Cc3nnc4n3CCC4)CC2)c1Cl. The summed E-state index contributed by atoms with van der Waals surface area (Å²) in [6, 6.07) is 5.82. The number of rotatable bonds is 3. The fourth-order valence-corrected chi connectivity index (χ4v) is 3.83. The molecular formula is C16H19Cl2N5. The molecule has 0 amide bonds. The van der Waals surface area contributed by atoms with Gasteiger partial charge in [0.1, 0.15) is 11.6 Å². The first-order valence-corrected chi connectivity index (χ1v) is 8.80. The van der Waals surface area contributed by atoms with Gasteiger partial charge in [0.15, 0.2) is 0 Å². The summed E-state index contributed by atoms with van der Waals surface area (Å²) in [6.07, 6.45) is 2.26. The van der Waals surface area contributed by atoms with Gasteiger partial charge in [-0.15, -0.1) is 10.2 Å². The lowest BCUT2D eigenvalue weighted by atomic mass is 10.2. The zero-order chi connectivity index (χ0) is 15.8. The van der Waals surface area contributed by atoms with Gasteiger partial charge in [0.25, 0.3) is 0 Å². The summed E-state index contributed by atoms with van der Waals surface area (Å²) in [5.74, 6) is 2.25. The molecule has 1 aromatic heterocycles. The lowest BCUT2D eigenvalue weighted by Gasteiger charge is -2.36. The Balaban J connectivity index is 1.40. The van der Waals surface area contributed by atoms with Crippen LogP contribution in [0.2, 0.25) is 10.0 Å². The van der Waals surface area contributed by atoms with Gasteiger partial charge in [0, 0.05) is 39.1 Å². The van der Waals surface area contributed by atoms with E-state index in [0.29, 0.717) is 10.0 Å². The fraction of sp³-hybridized carbons (Fsp3) is 0.500. The zero-order valence-electron chi connectivity index (χ0n) is 12.9. The molecule has 1 aromatic carbocycles. The van der Waals surface area contributed by atoms with Gasteiger partial charge in [-0.3, -0.25) is 4.90 Å². The molecule has 4 rings (SSSR count). The van der Waals surface area contributed by atoms with E-state index in [4.69, 9.17) is 23.2 Å². The molecule has 0 N–H and O–H groups in total. The Bertz CT molecular complexity index is 706. The number of fused-ring (bicyclic) bond motifs is 1. The number of aromatic nitrogens is 3. The second kappa shape index (κ2) is 6.30. The highest BCUT2D eigenvalue weighted by Crippen LogP contribution is 2.33. The maximum absolute atomic E-state index is 6.33. The van der Waals surface area contributed by atoms with E-state index in [1.165, 1.54) is 6.42 Å². The van der Waals surface area contributed by atoms with Crippen molar-refractivity contribution in [3.63, 3.8) is 0 Å². The number of halogens is 2. The molecular weight excluding hydrogens is 333 g/mol. The van der Waals surface area contributed by atoms with Crippen molar-refractivity contribution < 1.29 is 0 Å². The molecule has 0 spiro atoms. The predicted octanol–water partition coefficient (Wildman–Crippen LogP) is 2.85. The molecule has 0 radical (unpaired) electrons. The minimum absolute atomic E-state index is 0.616. The number of hydrogen-bond acceptors (Lipinski definition) is 4. The van der Waals surface area contributed by atoms with Crippen LogP contribution in [0.3, 0.4) is 0 Å². The average molecular weight is 352 g/mol. The second-order valence-electron chi connectivity index (χ2n) is 6.12. The maximum atomic E-state index is 6.33. The lowest BCUT2D eigenvalue weighted by molar-refractivity contribution is 0.240. The van der Waals surface area contributed by atoms with Gasteiger partial charge in [-0.05, 0) is 18.6 Å². The third-order valence-electron chi connectivity index (χ3n) is 4.70. The molecule has 0 atom stereocenters. The van der Waals surface area contributed by atoms with E-state index >= 15 is 0 Å². The Morgan fingerprint density at radius 2 is 1.83 bits per heavy atom. The van der Waals surface area contributed by atoms with Crippen LogP contribution in [0.1, 0.15) is 18.1 Å². The molecule has 122 valence electrons. The van der Waals surface area contributed by atoms with Crippen molar-refractivity contribution in [3.8, 4) is 0 Å². The summed E-state index contributed by atoms with van der Waals surface area (Å²) in [5, 5.41) is 9.91. The standard InChI is InChI=1S/C16H19Cl2N5/c17-12-3-1-4-13(16(12)18)22-9-7-21(8-10-22)11-15-20-19-14-5-2-6-23(14)15/h1,3-4H,2,5-11H2. The smallest absolute Gasteiger partial charge is 0.147 e. The molecule has 0 bridgehead atoms. The molecule has 0 unspecified atom stereocenters. The molecule has 23 heavy (non-hydrogen) atoms. The van der Waals surface area contributed by atoms with Crippen molar-refractivity contribution >= 4 is 28.9 Å². The quantitative estimate of drug-likeness (QED) is 0.851. The van der Waals surface area contributed by atoms with Crippen molar-refractivity contribution in [3.05, 3.63) is 39.9 Å². The molecule has 7 heteroatoms. The third-order valence-corrected chi connectivity index (χ3v) is 5.50. The molecule has 0 saturated carbocycles. The van der Waals surface area contributed by atoms with Crippen LogP contribution >= 0.6 is 23.2 Å². The first-order chi connectivity index (χ1) is 11.2. The minimum atomic E-state index is 0.616. The molecule has 0 aliphatic carbocycles. The van der Waals surface area contributed by atoms with Gasteiger partial charge in [-0.2, -0.15) is 0 Å². The second-order valence-corrected chi connectivity index (χ2v) is 6.91. The van der Waals surface area contributed by atoms with Gasteiger partial charge in [0.05, 0.1) is 22.3 Å². The molecule has 1 saturated heterocycles. The maximum Gasteiger partial charge on any atom is 0.147 e. The van der Waals surface area contributed by atoms with Crippen molar-refractivity contribution in [2.75, 3.05) is 31.1 Å². The number of anilines is 1. The van der Waals surface area contributed by atoms with Crippen molar-refractivity contribution in [1.29, 1.82) is 0 Å². The molecule has 2 aromatic rings. The Kier molecular flexibility index (Phi) is 4.18. The van der Waals surface area contributed by atoms with Gasteiger partial charge in [-0.1, -0.05) is 29.3 Å². The van der Waals surface area contributed by atoms with Crippen molar-refractivity contribution in [2.45, 2.75) is 25.9 Å². The zero-order valence-corrected chi connectivity index (χ0v) is 14.4. The van der Waals surface area contributed by atoms with Crippen LogP contribution in [0.15, 0.2) is 18.2 Å². The summed E-state index contributed by atoms with van der Waals surface area (Å²) >= 11 is 12.5. The summed E-state index contributed by atoms with van der Waals surface area (Å²) in [5.41, 5.74) is 1.03. The number of aryl methyl sites for hydroxylation is 1. The van der Waals surface area contributed by atoms with E-state index in [1.54, 1.807) is 0 Å². The molecule has 5 nitrogen and oxygen atoms in total. The largest absolute Gasteiger partial charge is 0.368 e. The minimum Gasteiger partial charge on any atom is -0.368 e. The van der Waals surface area contributed by atoms with E-state index in [0.717, 1.165) is 63.0 Å². The van der Waals surface area contributed by atoms with Crippen LogP contribution in [0.4, 0.5) is 5.69 Å². The molecule has 2 aliphatic heterocycles. The number of hydrogen-bond donors (Lipinski definition) is 0. The lowest BCUT2D eigenvalue weighted by Crippen LogP contribution is -2.46. The van der Waals surface area contributed by atoms with Crippen LogP contribution < -0.4 is 4.90 Å². The van der Waals surface area contributed by atoms with Crippen LogP contribution in [-0.4, -0.2) is 45.8 Å². The van der Waals surface area contributed by atoms with Gasteiger partial charge in [-0.25, -0.2) is 0 Å². The highest BCUT2D eigenvalue weighted by Gasteiger charge is 2.23. The van der Waals surface area contributed by atoms with Crippen LogP contribution in [0.25, 0.3) is 0 Å². The molecule has 1 fully saturated rings. The van der Waals surface area contributed by atoms with Gasteiger partial charge < -0.3 is 9.47 Å². The Hall–Kier alpha value is -1.30. The van der Waals surface area contributed by atoms with E-state index in [9.17, 15) is 0 Å². The molecule has 3 heterocycles. The fourth-order valence-electron chi connectivity index (χ4n) is 3.41. The number of nitrogens with zero attached hydrogens (tertiary/aromatic N) is 5. The first-order valence-electron chi connectivity index (χ1n) is 8.04. The Morgan fingerprint density at radius 3 is 2.65 bits per heavy atom. The Morgan fingerprint density at radius 1 is 1.00 bits per heavy atom. The summed E-state index contributed by atoms with van der Waals surface area (Å²) in [4.78, 5) is 4.74. The van der Waals surface area contributed by atoms with Gasteiger partial charge >= 0.3 is 0 Å². The van der Waals surface area contributed by atoms with E-state index in [2.05, 4.69) is 24.6 Å². The van der Waals surface area contributed by atoms with E-state index in [-0.39, 0.29) is 0 Å². The van der Waals surface area contributed by atoms with Crippen LogP contribution in [-0.2, 0) is 19.5 Å². The average Bonchev–Trinajstić information content (AvgIpc) is 3.16. The number of benzene rings is 1. The predicted molar refractivity (Wildman–Crippen MR) is 92.3 cm³/mol. The summed E-state index contributed by atoms with van der Waals surface area (Å²) in [7, 11) is 0. The molecule has 2 aliphatic rings. The highest BCUT2D eigenvalue weighted by molar-refractivity contribution is 6.43. The van der Waals surface area contributed by atoms with Crippen molar-refractivity contribution in [1.82, 2.24) is 19.7 Å². The van der Waals surface area contributed by atoms with Gasteiger partial charge in [0.2, 0.25) is 0 Å². The summed E-state index contributed by atoms with van der Waals surface area (Å²) < 4.78 is 2.28. The van der Waals surface area contributed by atoms with Crippen molar-refractivity contribution in [2.24, 2.45) is 0 Å². The normalized spacial score (nSPS) is 18.4.